The van der Waals surface area contributed by atoms with Gasteiger partial charge >= 0.3 is 0 Å². The van der Waals surface area contributed by atoms with Crippen LogP contribution >= 0.6 is 0 Å². The quantitative estimate of drug-likeness (QED) is 0.900. The SMILES string of the molecule is O=C(NCC1(c2ccccc2)CCCC1)c1ccc(F)c(F)c1. The molecule has 0 unspecified atom stereocenters. The minimum absolute atomic E-state index is 0.0600. The second-order valence-corrected chi connectivity index (χ2v) is 6.17. The summed E-state index contributed by atoms with van der Waals surface area (Å²) in [6.45, 7) is 0.509. The molecule has 4 heteroatoms. The van der Waals surface area contributed by atoms with Crippen LogP contribution in [0.1, 0.15) is 41.6 Å². The number of hydrogen-bond acceptors (Lipinski definition) is 1. The third-order valence-electron chi connectivity index (χ3n) is 4.72. The van der Waals surface area contributed by atoms with E-state index in [1.165, 1.54) is 11.6 Å². The molecule has 1 saturated carbocycles. The lowest BCUT2D eigenvalue weighted by atomic mass is 9.79. The summed E-state index contributed by atoms with van der Waals surface area (Å²) in [6, 6.07) is 13.4. The fraction of sp³-hybridized carbons (Fsp3) is 0.316. The van der Waals surface area contributed by atoms with E-state index in [2.05, 4.69) is 17.4 Å². The molecular weight excluding hydrogens is 296 g/mol. The van der Waals surface area contributed by atoms with Crippen LogP contribution in [0, 0.1) is 11.6 Å². The zero-order valence-corrected chi connectivity index (χ0v) is 12.8. The van der Waals surface area contributed by atoms with E-state index in [9.17, 15) is 13.6 Å². The Kier molecular flexibility index (Phi) is 4.42. The molecule has 0 heterocycles. The maximum Gasteiger partial charge on any atom is 0.251 e. The Morgan fingerprint density at radius 3 is 2.35 bits per heavy atom. The standard InChI is InChI=1S/C19H19F2NO/c20-16-9-8-14(12-17(16)21)18(23)22-13-19(10-4-5-11-19)15-6-2-1-3-7-15/h1-3,6-9,12H,4-5,10-11,13H2,(H,22,23). The Bertz CT molecular complexity index is 694. The van der Waals surface area contributed by atoms with E-state index in [1.54, 1.807) is 0 Å². The highest BCUT2D eigenvalue weighted by molar-refractivity contribution is 5.94. The lowest BCUT2D eigenvalue weighted by Gasteiger charge is -2.30. The van der Waals surface area contributed by atoms with E-state index >= 15 is 0 Å². The molecule has 0 bridgehead atoms. The van der Waals surface area contributed by atoms with Gasteiger partial charge in [-0.15, -0.1) is 0 Å². The first-order chi connectivity index (χ1) is 11.1. The number of hydrogen-bond donors (Lipinski definition) is 1. The van der Waals surface area contributed by atoms with Crippen LogP contribution in [-0.4, -0.2) is 12.5 Å². The Balaban J connectivity index is 1.74. The summed E-state index contributed by atoms with van der Waals surface area (Å²) in [5.41, 5.74) is 1.31. The Hall–Kier alpha value is -2.23. The fourth-order valence-corrected chi connectivity index (χ4v) is 3.40. The van der Waals surface area contributed by atoms with E-state index in [-0.39, 0.29) is 16.9 Å². The van der Waals surface area contributed by atoms with Gasteiger partial charge in [0.25, 0.3) is 5.91 Å². The molecule has 0 aromatic heterocycles. The molecule has 1 aliphatic rings. The van der Waals surface area contributed by atoms with Crippen LogP contribution in [0.25, 0.3) is 0 Å². The van der Waals surface area contributed by atoms with Crippen molar-refractivity contribution in [1.82, 2.24) is 5.32 Å². The molecule has 1 amide bonds. The Labute approximate surface area is 134 Å². The highest BCUT2D eigenvalue weighted by Crippen LogP contribution is 2.40. The molecule has 0 atom stereocenters. The number of halogens is 2. The van der Waals surface area contributed by atoms with Crippen LogP contribution in [0.4, 0.5) is 8.78 Å². The number of nitrogens with one attached hydrogen (secondary N) is 1. The average Bonchev–Trinajstić information content (AvgIpc) is 3.06. The van der Waals surface area contributed by atoms with Crippen LogP contribution in [0.5, 0.6) is 0 Å². The van der Waals surface area contributed by atoms with Crippen molar-refractivity contribution in [3.05, 3.63) is 71.3 Å². The van der Waals surface area contributed by atoms with E-state index < -0.39 is 11.6 Å². The summed E-state index contributed by atoms with van der Waals surface area (Å²) < 4.78 is 26.2. The predicted octanol–water partition coefficient (Wildman–Crippen LogP) is 4.21. The van der Waals surface area contributed by atoms with Crippen molar-refractivity contribution in [2.45, 2.75) is 31.1 Å². The second kappa shape index (κ2) is 6.49. The van der Waals surface area contributed by atoms with Gasteiger partial charge in [-0.2, -0.15) is 0 Å². The Morgan fingerprint density at radius 1 is 1.00 bits per heavy atom. The zero-order chi connectivity index (χ0) is 16.3. The minimum atomic E-state index is -1.00. The van der Waals surface area contributed by atoms with Gasteiger partial charge in [0.15, 0.2) is 11.6 Å². The van der Waals surface area contributed by atoms with E-state index in [0.717, 1.165) is 37.8 Å². The van der Waals surface area contributed by atoms with Crippen molar-refractivity contribution in [3.8, 4) is 0 Å². The molecule has 120 valence electrons. The smallest absolute Gasteiger partial charge is 0.251 e. The summed E-state index contributed by atoms with van der Waals surface area (Å²) in [4.78, 5) is 12.2. The average molecular weight is 315 g/mol. The molecule has 2 nitrogen and oxygen atoms in total. The van der Waals surface area contributed by atoms with Crippen LogP contribution in [-0.2, 0) is 5.41 Å². The van der Waals surface area contributed by atoms with Gasteiger partial charge in [-0.3, -0.25) is 4.79 Å². The van der Waals surface area contributed by atoms with E-state index in [1.807, 2.05) is 18.2 Å². The molecule has 3 rings (SSSR count). The number of carbonyl (C=O) groups excluding carboxylic acids is 1. The molecule has 23 heavy (non-hydrogen) atoms. The van der Waals surface area contributed by atoms with Gasteiger partial charge in [0.1, 0.15) is 0 Å². The topological polar surface area (TPSA) is 29.1 Å². The lowest BCUT2D eigenvalue weighted by Crippen LogP contribution is -2.39. The lowest BCUT2D eigenvalue weighted by molar-refractivity contribution is 0.0942. The van der Waals surface area contributed by atoms with Crippen molar-refractivity contribution in [3.63, 3.8) is 0 Å². The summed E-state index contributed by atoms with van der Waals surface area (Å²) in [6.07, 6.45) is 4.32. The molecule has 0 saturated heterocycles. The van der Waals surface area contributed by atoms with Gasteiger partial charge in [-0.25, -0.2) is 8.78 Å². The van der Waals surface area contributed by atoms with Gasteiger partial charge < -0.3 is 5.32 Å². The second-order valence-electron chi connectivity index (χ2n) is 6.17. The number of carbonyl (C=O) groups is 1. The molecule has 0 spiro atoms. The summed E-state index contributed by atoms with van der Waals surface area (Å²) in [7, 11) is 0. The third kappa shape index (κ3) is 3.26. The molecule has 1 fully saturated rings. The molecule has 2 aromatic carbocycles. The normalized spacial score (nSPS) is 16.3. The number of benzene rings is 2. The molecule has 0 aliphatic heterocycles. The van der Waals surface area contributed by atoms with Crippen molar-refractivity contribution in [2.24, 2.45) is 0 Å². The first kappa shape index (κ1) is 15.7. The van der Waals surface area contributed by atoms with E-state index in [4.69, 9.17) is 0 Å². The maximum absolute atomic E-state index is 13.3. The Morgan fingerprint density at radius 2 is 1.70 bits per heavy atom. The van der Waals surface area contributed by atoms with Crippen LogP contribution in [0.3, 0.4) is 0 Å². The minimum Gasteiger partial charge on any atom is -0.351 e. The molecule has 1 aliphatic carbocycles. The summed E-state index contributed by atoms with van der Waals surface area (Å²) in [5, 5.41) is 2.90. The van der Waals surface area contributed by atoms with Crippen molar-refractivity contribution in [1.29, 1.82) is 0 Å². The van der Waals surface area contributed by atoms with Gasteiger partial charge in [-0.1, -0.05) is 43.2 Å². The summed E-state index contributed by atoms with van der Waals surface area (Å²) >= 11 is 0. The van der Waals surface area contributed by atoms with Gasteiger partial charge in [0.2, 0.25) is 0 Å². The molecular formula is C19H19F2NO. The van der Waals surface area contributed by atoms with Crippen LogP contribution in [0.2, 0.25) is 0 Å². The number of rotatable bonds is 4. The monoisotopic (exact) mass is 315 g/mol. The highest BCUT2D eigenvalue weighted by Gasteiger charge is 2.35. The number of amides is 1. The van der Waals surface area contributed by atoms with Gasteiger partial charge in [0.05, 0.1) is 0 Å². The fourth-order valence-electron chi connectivity index (χ4n) is 3.40. The van der Waals surface area contributed by atoms with Gasteiger partial charge in [0, 0.05) is 17.5 Å². The van der Waals surface area contributed by atoms with Crippen molar-refractivity contribution >= 4 is 5.91 Å². The zero-order valence-electron chi connectivity index (χ0n) is 12.8. The van der Waals surface area contributed by atoms with Crippen LogP contribution in [0.15, 0.2) is 48.5 Å². The first-order valence-corrected chi connectivity index (χ1v) is 7.90. The first-order valence-electron chi connectivity index (χ1n) is 7.90. The largest absolute Gasteiger partial charge is 0.351 e. The highest BCUT2D eigenvalue weighted by atomic mass is 19.2. The molecule has 0 radical (unpaired) electrons. The maximum atomic E-state index is 13.3. The molecule has 2 aromatic rings. The third-order valence-corrected chi connectivity index (χ3v) is 4.72. The van der Waals surface area contributed by atoms with E-state index in [0.29, 0.717) is 6.54 Å². The predicted molar refractivity (Wildman–Crippen MR) is 85.3 cm³/mol. The van der Waals surface area contributed by atoms with Crippen LogP contribution < -0.4 is 5.32 Å². The van der Waals surface area contributed by atoms with Crippen molar-refractivity contribution < 1.29 is 13.6 Å². The molecule has 1 N–H and O–H groups in total. The summed E-state index contributed by atoms with van der Waals surface area (Å²) in [5.74, 6) is -2.32. The van der Waals surface area contributed by atoms with Gasteiger partial charge in [-0.05, 0) is 36.6 Å². The van der Waals surface area contributed by atoms with Crippen molar-refractivity contribution in [2.75, 3.05) is 6.54 Å².